The van der Waals surface area contributed by atoms with Crippen molar-refractivity contribution in [3.8, 4) is 17.2 Å². The Balaban J connectivity index is 1.39. The Hall–Kier alpha value is -2.68. The molecule has 2 heterocycles. The molecule has 0 unspecified atom stereocenters. The van der Waals surface area contributed by atoms with E-state index in [0.717, 1.165) is 32.4 Å². The number of nitrogens with zero attached hydrogens (tertiary/aromatic N) is 2. The first-order chi connectivity index (χ1) is 16.0. The lowest BCUT2D eigenvalue weighted by molar-refractivity contribution is -0.122. The van der Waals surface area contributed by atoms with Crippen LogP contribution in [-0.4, -0.2) is 82.3 Å². The number of anilines is 1. The van der Waals surface area contributed by atoms with E-state index in [1.165, 1.54) is 47.3 Å². The fourth-order valence-electron chi connectivity index (χ4n) is 4.57. The number of piperidine rings is 1. The second kappa shape index (κ2) is 12.5. The first kappa shape index (κ1) is 25.0. The van der Waals surface area contributed by atoms with E-state index in [4.69, 9.17) is 14.2 Å². The van der Waals surface area contributed by atoms with Crippen molar-refractivity contribution in [3.63, 3.8) is 0 Å². The predicted octanol–water partition coefficient (Wildman–Crippen LogP) is 2.95. The van der Waals surface area contributed by atoms with E-state index < -0.39 is 0 Å². The Kier molecular flexibility index (Phi) is 9.47. The molecule has 1 aromatic carbocycles. The SMILES string of the molecule is COc1cc(NC(=O)N2CCC(CC(=O)NCCCN3CCCC3)CC2)cc(OC)c1OC. The molecular weight excluding hydrogens is 424 g/mol. The molecule has 0 radical (unpaired) electrons. The molecule has 0 aliphatic carbocycles. The third-order valence-electron chi connectivity index (χ3n) is 6.46. The standard InChI is InChI=1S/C24H38N4O5/c1-31-20-16-19(17-21(32-2)23(20)33-3)26-24(30)28-13-7-18(8-14-28)15-22(29)25-9-6-12-27-10-4-5-11-27/h16-18H,4-15H2,1-3H3,(H,25,29)(H,26,30). The van der Waals surface area contributed by atoms with Crippen molar-refractivity contribution >= 4 is 17.6 Å². The quantitative estimate of drug-likeness (QED) is 0.520. The van der Waals surface area contributed by atoms with Gasteiger partial charge in [0.05, 0.1) is 27.0 Å². The Labute approximate surface area is 196 Å². The number of amides is 3. The van der Waals surface area contributed by atoms with Crippen molar-refractivity contribution in [3.05, 3.63) is 12.1 Å². The summed E-state index contributed by atoms with van der Waals surface area (Å²) in [5.74, 6) is 1.88. The van der Waals surface area contributed by atoms with Crippen LogP contribution in [-0.2, 0) is 4.79 Å². The van der Waals surface area contributed by atoms with Crippen molar-refractivity contribution in [2.45, 2.75) is 38.5 Å². The van der Waals surface area contributed by atoms with Gasteiger partial charge >= 0.3 is 6.03 Å². The molecule has 9 nitrogen and oxygen atoms in total. The summed E-state index contributed by atoms with van der Waals surface area (Å²) in [7, 11) is 4.62. The lowest BCUT2D eigenvalue weighted by atomic mass is 9.93. The maximum atomic E-state index is 12.8. The number of carbonyl (C=O) groups is 2. The van der Waals surface area contributed by atoms with E-state index in [1.54, 1.807) is 17.0 Å². The zero-order valence-corrected chi connectivity index (χ0v) is 20.2. The molecule has 2 N–H and O–H groups in total. The largest absolute Gasteiger partial charge is 0.493 e. The van der Waals surface area contributed by atoms with Crippen LogP contribution in [0.3, 0.4) is 0 Å². The van der Waals surface area contributed by atoms with Crippen LogP contribution in [0.5, 0.6) is 17.2 Å². The summed E-state index contributed by atoms with van der Waals surface area (Å²) in [6, 6.07) is 3.24. The van der Waals surface area contributed by atoms with Crippen molar-refractivity contribution < 1.29 is 23.8 Å². The number of nitrogens with one attached hydrogen (secondary N) is 2. The minimum absolute atomic E-state index is 0.122. The average molecular weight is 463 g/mol. The number of ether oxygens (including phenoxy) is 3. The lowest BCUT2D eigenvalue weighted by Gasteiger charge is -2.32. The van der Waals surface area contributed by atoms with Gasteiger partial charge in [0.15, 0.2) is 11.5 Å². The number of likely N-dealkylation sites (tertiary alicyclic amines) is 2. The van der Waals surface area contributed by atoms with E-state index >= 15 is 0 Å². The molecule has 9 heteroatoms. The van der Waals surface area contributed by atoms with Gasteiger partial charge < -0.3 is 34.6 Å². The molecule has 1 aromatic rings. The molecule has 0 bridgehead atoms. The molecule has 3 amide bonds. The van der Waals surface area contributed by atoms with Gasteiger partial charge in [-0.15, -0.1) is 0 Å². The van der Waals surface area contributed by atoms with Crippen LogP contribution in [0.1, 0.15) is 38.5 Å². The molecule has 2 aliphatic rings. The molecule has 2 fully saturated rings. The summed E-state index contributed by atoms with van der Waals surface area (Å²) in [5.41, 5.74) is 0.574. The fraction of sp³-hybridized carbons (Fsp3) is 0.667. The molecule has 0 spiro atoms. The van der Waals surface area contributed by atoms with Gasteiger partial charge in [-0.2, -0.15) is 0 Å². The van der Waals surface area contributed by atoms with Gasteiger partial charge in [0.1, 0.15) is 0 Å². The van der Waals surface area contributed by atoms with Gasteiger partial charge in [0, 0.05) is 38.2 Å². The topological polar surface area (TPSA) is 92.4 Å². The summed E-state index contributed by atoms with van der Waals surface area (Å²) in [4.78, 5) is 29.3. The maximum Gasteiger partial charge on any atom is 0.321 e. The van der Waals surface area contributed by atoms with Gasteiger partial charge in [-0.3, -0.25) is 4.79 Å². The van der Waals surface area contributed by atoms with Crippen LogP contribution in [0, 0.1) is 5.92 Å². The van der Waals surface area contributed by atoms with Crippen LogP contribution in [0.4, 0.5) is 10.5 Å². The first-order valence-electron chi connectivity index (χ1n) is 11.9. The summed E-state index contributed by atoms with van der Waals surface area (Å²) >= 11 is 0. The molecule has 2 aliphatic heterocycles. The Morgan fingerprint density at radius 1 is 0.970 bits per heavy atom. The minimum atomic E-state index is -0.172. The van der Waals surface area contributed by atoms with Gasteiger partial charge in [-0.1, -0.05) is 0 Å². The number of carbonyl (C=O) groups excluding carboxylic acids is 2. The van der Waals surface area contributed by atoms with Crippen molar-refractivity contribution in [1.29, 1.82) is 0 Å². The summed E-state index contributed by atoms with van der Waals surface area (Å²) in [5, 5.41) is 5.97. The van der Waals surface area contributed by atoms with Gasteiger partial charge in [-0.05, 0) is 57.7 Å². The monoisotopic (exact) mass is 462 g/mol. The second-order valence-electron chi connectivity index (χ2n) is 8.73. The van der Waals surface area contributed by atoms with E-state index in [0.29, 0.717) is 48.4 Å². The molecule has 2 saturated heterocycles. The molecule has 184 valence electrons. The smallest absolute Gasteiger partial charge is 0.321 e. The molecular formula is C24H38N4O5. The highest BCUT2D eigenvalue weighted by molar-refractivity contribution is 5.90. The van der Waals surface area contributed by atoms with Crippen LogP contribution in [0.15, 0.2) is 12.1 Å². The van der Waals surface area contributed by atoms with Crippen molar-refractivity contribution in [2.24, 2.45) is 5.92 Å². The Morgan fingerprint density at radius 2 is 1.61 bits per heavy atom. The van der Waals surface area contributed by atoms with Gasteiger partial charge in [0.2, 0.25) is 11.7 Å². The van der Waals surface area contributed by atoms with E-state index in [-0.39, 0.29) is 11.9 Å². The van der Waals surface area contributed by atoms with Crippen LogP contribution in [0.25, 0.3) is 0 Å². The summed E-state index contributed by atoms with van der Waals surface area (Å²) in [6.45, 7) is 5.46. The summed E-state index contributed by atoms with van der Waals surface area (Å²) in [6.07, 6.45) is 5.78. The maximum absolute atomic E-state index is 12.8. The highest BCUT2D eigenvalue weighted by Crippen LogP contribution is 2.40. The normalized spacial score (nSPS) is 17.0. The molecule has 33 heavy (non-hydrogen) atoms. The molecule has 3 rings (SSSR count). The Bertz CT molecular complexity index is 764. The van der Waals surface area contributed by atoms with E-state index in [2.05, 4.69) is 15.5 Å². The van der Waals surface area contributed by atoms with Crippen molar-refractivity contribution in [1.82, 2.24) is 15.1 Å². The lowest BCUT2D eigenvalue weighted by Crippen LogP contribution is -2.42. The van der Waals surface area contributed by atoms with Crippen LogP contribution in [0.2, 0.25) is 0 Å². The molecule has 0 aromatic heterocycles. The number of hydrogen-bond acceptors (Lipinski definition) is 6. The number of urea groups is 1. The number of rotatable bonds is 10. The second-order valence-corrected chi connectivity index (χ2v) is 8.73. The zero-order valence-electron chi connectivity index (χ0n) is 20.2. The van der Waals surface area contributed by atoms with Crippen LogP contribution >= 0.6 is 0 Å². The number of hydrogen-bond donors (Lipinski definition) is 2. The van der Waals surface area contributed by atoms with Gasteiger partial charge in [0.25, 0.3) is 0 Å². The number of methoxy groups -OCH3 is 3. The highest BCUT2D eigenvalue weighted by atomic mass is 16.5. The third kappa shape index (κ3) is 7.15. The van der Waals surface area contributed by atoms with Crippen LogP contribution < -0.4 is 24.8 Å². The summed E-state index contributed by atoms with van der Waals surface area (Å²) < 4.78 is 16.0. The number of benzene rings is 1. The highest BCUT2D eigenvalue weighted by Gasteiger charge is 2.25. The Morgan fingerprint density at radius 3 is 2.18 bits per heavy atom. The first-order valence-corrected chi connectivity index (χ1v) is 11.9. The fourth-order valence-corrected chi connectivity index (χ4v) is 4.57. The third-order valence-corrected chi connectivity index (χ3v) is 6.46. The van der Waals surface area contributed by atoms with E-state index in [1.807, 2.05) is 0 Å². The van der Waals surface area contributed by atoms with Crippen molar-refractivity contribution in [2.75, 3.05) is 65.9 Å². The predicted molar refractivity (Wildman–Crippen MR) is 127 cm³/mol. The minimum Gasteiger partial charge on any atom is -0.493 e. The molecule has 0 saturated carbocycles. The van der Waals surface area contributed by atoms with Gasteiger partial charge in [-0.25, -0.2) is 4.79 Å². The molecule has 0 atom stereocenters. The average Bonchev–Trinajstić information content (AvgIpc) is 3.35. The van der Waals surface area contributed by atoms with E-state index in [9.17, 15) is 9.59 Å². The zero-order chi connectivity index (χ0) is 23.6.